The molecule has 86 valence electrons. The molecule has 0 spiro atoms. The summed E-state index contributed by atoms with van der Waals surface area (Å²) in [6.07, 6.45) is 3.50. The van der Waals surface area contributed by atoms with E-state index in [2.05, 4.69) is 29.8 Å². The van der Waals surface area contributed by atoms with Crippen molar-refractivity contribution in [1.82, 2.24) is 5.32 Å². The van der Waals surface area contributed by atoms with Gasteiger partial charge in [0.15, 0.2) is 0 Å². The van der Waals surface area contributed by atoms with Crippen LogP contribution in [0.25, 0.3) is 0 Å². The number of aryl methyl sites for hydroxylation is 1. The minimum Gasteiger partial charge on any atom is -0.383 e. The van der Waals surface area contributed by atoms with E-state index in [-0.39, 0.29) is 0 Å². The van der Waals surface area contributed by atoms with Crippen molar-refractivity contribution >= 4 is 11.3 Å². The Kier molecular flexibility index (Phi) is 6.64. The topological polar surface area (TPSA) is 21.3 Å². The molecule has 0 aromatic carbocycles. The molecule has 1 atom stereocenters. The molecule has 1 heterocycles. The van der Waals surface area contributed by atoms with Crippen LogP contribution in [0.15, 0.2) is 17.5 Å². The van der Waals surface area contributed by atoms with Gasteiger partial charge in [-0.15, -0.1) is 11.3 Å². The quantitative estimate of drug-likeness (QED) is 0.737. The van der Waals surface area contributed by atoms with Crippen molar-refractivity contribution < 1.29 is 4.74 Å². The SMILES string of the molecule is CCCNC(CCc1cccs1)COC. The van der Waals surface area contributed by atoms with E-state index < -0.39 is 0 Å². The number of hydrogen-bond acceptors (Lipinski definition) is 3. The van der Waals surface area contributed by atoms with Crippen LogP contribution in [0.4, 0.5) is 0 Å². The van der Waals surface area contributed by atoms with Crippen molar-refractivity contribution in [2.24, 2.45) is 0 Å². The molecule has 1 unspecified atom stereocenters. The third-order valence-corrected chi connectivity index (χ3v) is 3.31. The van der Waals surface area contributed by atoms with E-state index in [0.717, 1.165) is 26.0 Å². The summed E-state index contributed by atoms with van der Waals surface area (Å²) in [6, 6.07) is 4.82. The molecule has 2 nitrogen and oxygen atoms in total. The van der Waals surface area contributed by atoms with E-state index >= 15 is 0 Å². The van der Waals surface area contributed by atoms with Gasteiger partial charge in [-0.3, -0.25) is 0 Å². The summed E-state index contributed by atoms with van der Waals surface area (Å²) in [6.45, 7) is 4.08. The van der Waals surface area contributed by atoms with Crippen molar-refractivity contribution in [3.63, 3.8) is 0 Å². The number of rotatable bonds is 8. The minimum absolute atomic E-state index is 0.497. The molecule has 1 N–H and O–H groups in total. The Hall–Kier alpha value is -0.380. The highest BCUT2D eigenvalue weighted by atomic mass is 32.1. The zero-order valence-electron chi connectivity index (χ0n) is 9.66. The third-order valence-electron chi connectivity index (χ3n) is 2.37. The van der Waals surface area contributed by atoms with E-state index in [4.69, 9.17) is 4.74 Å². The summed E-state index contributed by atoms with van der Waals surface area (Å²) in [5, 5.41) is 5.65. The highest BCUT2D eigenvalue weighted by Crippen LogP contribution is 2.12. The summed E-state index contributed by atoms with van der Waals surface area (Å²) < 4.78 is 5.21. The van der Waals surface area contributed by atoms with E-state index in [0.29, 0.717) is 6.04 Å². The lowest BCUT2D eigenvalue weighted by atomic mass is 10.1. The Bertz CT molecular complexity index is 236. The number of hydrogen-bond donors (Lipinski definition) is 1. The van der Waals surface area contributed by atoms with Gasteiger partial charge in [0.1, 0.15) is 0 Å². The molecule has 15 heavy (non-hydrogen) atoms. The predicted octanol–water partition coefficient (Wildman–Crippen LogP) is 2.70. The van der Waals surface area contributed by atoms with Crippen molar-refractivity contribution in [2.45, 2.75) is 32.2 Å². The highest BCUT2D eigenvalue weighted by molar-refractivity contribution is 7.09. The average Bonchev–Trinajstić information content (AvgIpc) is 2.75. The number of methoxy groups -OCH3 is 1. The van der Waals surface area contributed by atoms with Gasteiger partial charge in [0.2, 0.25) is 0 Å². The van der Waals surface area contributed by atoms with Gasteiger partial charge in [0, 0.05) is 18.0 Å². The summed E-state index contributed by atoms with van der Waals surface area (Å²) in [5.41, 5.74) is 0. The minimum atomic E-state index is 0.497. The Morgan fingerprint density at radius 1 is 1.53 bits per heavy atom. The van der Waals surface area contributed by atoms with E-state index in [1.165, 1.54) is 11.3 Å². The van der Waals surface area contributed by atoms with Gasteiger partial charge >= 0.3 is 0 Å². The van der Waals surface area contributed by atoms with Crippen molar-refractivity contribution in [3.8, 4) is 0 Å². The molecule has 0 aliphatic carbocycles. The molecule has 1 rings (SSSR count). The van der Waals surface area contributed by atoms with E-state index in [9.17, 15) is 0 Å². The van der Waals surface area contributed by atoms with Crippen LogP contribution in [-0.4, -0.2) is 26.3 Å². The molecule has 1 aromatic rings. The number of ether oxygens (including phenoxy) is 1. The first-order chi connectivity index (χ1) is 7.36. The van der Waals surface area contributed by atoms with Crippen LogP contribution < -0.4 is 5.32 Å². The van der Waals surface area contributed by atoms with Crippen LogP contribution in [0.2, 0.25) is 0 Å². The zero-order chi connectivity index (χ0) is 10.9. The lowest BCUT2D eigenvalue weighted by Gasteiger charge is -2.16. The molecule has 0 fully saturated rings. The van der Waals surface area contributed by atoms with Gasteiger partial charge in [-0.1, -0.05) is 13.0 Å². The molecule has 0 radical (unpaired) electrons. The maximum atomic E-state index is 5.21. The molecule has 0 saturated carbocycles. The van der Waals surface area contributed by atoms with Crippen LogP contribution >= 0.6 is 11.3 Å². The van der Waals surface area contributed by atoms with Crippen LogP contribution in [0.1, 0.15) is 24.6 Å². The van der Waals surface area contributed by atoms with Crippen molar-refractivity contribution in [2.75, 3.05) is 20.3 Å². The number of nitrogens with one attached hydrogen (secondary N) is 1. The normalized spacial score (nSPS) is 12.9. The van der Waals surface area contributed by atoms with Gasteiger partial charge in [-0.25, -0.2) is 0 Å². The molecule has 0 saturated heterocycles. The average molecular weight is 227 g/mol. The number of thiophene rings is 1. The first-order valence-corrected chi connectivity index (χ1v) is 6.49. The van der Waals surface area contributed by atoms with Crippen LogP contribution in [0.5, 0.6) is 0 Å². The lowest BCUT2D eigenvalue weighted by Crippen LogP contribution is -2.34. The van der Waals surface area contributed by atoms with E-state index in [1.807, 2.05) is 11.3 Å². The summed E-state index contributed by atoms with van der Waals surface area (Å²) in [7, 11) is 1.77. The molecule has 1 aromatic heterocycles. The second-order valence-corrected chi connectivity index (χ2v) is 4.76. The Labute approximate surface area is 96.7 Å². The fourth-order valence-electron chi connectivity index (χ4n) is 1.57. The van der Waals surface area contributed by atoms with Crippen LogP contribution in [0.3, 0.4) is 0 Å². The maximum absolute atomic E-state index is 5.21. The fraction of sp³-hybridized carbons (Fsp3) is 0.667. The largest absolute Gasteiger partial charge is 0.383 e. The maximum Gasteiger partial charge on any atom is 0.0615 e. The van der Waals surface area contributed by atoms with Gasteiger partial charge in [-0.05, 0) is 37.3 Å². The van der Waals surface area contributed by atoms with Crippen molar-refractivity contribution in [1.29, 1.82) is 0 Å². The molecule has 0 amide bonds. The molecular weight excluding hydrogens is 206 g/mol. The summed E-state index contributed by atoms with van der Waals surface area (Å²) >= 11 is 1.84. The van der Waals surface area contributed by atoms with Gasteiger partial charge in [0.25, 0.3) is 0 Å². The first-order valence-electron chi connectivity index (χ1n) is 5.61. The van der Waals surface area contributed by atoms with Crippen LogP contribution in [0, 0.1) is 0 Å². The molecule has 0 aliphatic rings. The van der Waals surface area contributed by atoms with E-state index in [1.54, 1.807) is 7.11 Å². The highest BCUT2D eigenvalue weighted by Gasteiger charge is 2.07. The van der Waals surface area contributed by atoms with Crippen molar-refractivity contribution in [3.05, 3.63) is 22.4 Å². The van der Waals surface area contributed by atoms with Gasteiger partial charge < -0.3 is 10.1 Å². The Morgan fingerprint density at radius 3 is 3.00 bits per heavy atom. The standard InChI is InChI=1S/C12H21NOS/c1-3-8-13-11(10-14-2)6-7-12-5-4-9-15-12/h4-5,9,11,13H,3,6-8,10H2,1-2H3. The monoisotopic (exact) mass is 227 g/mol. The molecule has 3 heteroatoms. The molecule has 0 bridgehead atoms. The molecular formula is C12H21NOS. The van der Waals surface area contributed by atoms with Gasteiger partial charge in [0.05, 0.1) is 6.61 Å². The van der Waals surface area contributed by atoms with Gasteiger partial charge in [-0.2, -0.15) is 0 Å². The lowest BCUT2D eigenvalue weighted by molar-refractivity contribution is 0.163. The predicted molar refractivity (Wildman–Crippen MR) is 66.6 cm³/mol. The second-order valence-electron chi connectivity index (χ2n) is 3.72. The summed E-state index contributed by atoms with van der Waals surface area (Å²) in [5.74, 6) is 0. The van der Waals surface area contributed by atoms with Crippen LogP contribution in [-0.2, 0) is 11.2 Å². The fourth-order valence-corrected chi connectivity index (χ4v) is 2.29. The Balaban J connectivity index is 2.24. The molecule has 0 aliphatic heterocycles. The second kappa shape index (κ2) is 7.85. The summed E-state index contributed by atoms with van der Waals surface area (Å²) in [4.78, 5) is 1.47. The zero-order valence-corrected chi connectivity index (χ0v) is 10.5. The first kappa shape index (κ1) is 12.7. The smallest absolute Gasteiger partial charge is 0.0615 e. The Morgan fingerprint density at radius 2 is 2.40 bits per heavy atom. The third kappa shape index (κ3) is 5.30.